The van der Waals surface area contributed by atoms with Crippen LogP contribution in [0, 0.1) is 0 Å². The fraction of sp³-hybridized carbons (Fsp3) is 0.0556. The van der Waals surface area contributed by atoms with Crippen molar-refractivity contribution in [1.29, 1.82) is 0 Å². The maximum atomic E-state index is 15.6. The maximum absolute atomic E-state index is 15.6. The zero-order valence-electron chi connectivity index (χ0n) is 22.6. The molecule has 0 bridgehead atoms. The largest absolute Gasteiger partial charge is 0.439 e. The van der Waals surface area contributed by atoms with E-state index < -0.39 is 20.4 Å². The molecule has 42 heavy (non-hydrogen) atoms. The summed E-state index contributed by atoms with van der Waals surface area (Å²) in [7, 11) is -7.28. The molecule has 0 fully saturated rings. The Labute approximate surface area is 244 Å². The maximum Gasteiger partial charge on any atom is 0.285 e. The van der Waals surface area contributed by atoms with Gasteiger partial charge in [-0.1, -0.05) is 115 Å². The lowest BCUT2D eigenvalue weighted by Gasteiger charge is -2.37. The van der Waals surface area contributed by atoms with E-state index in [-0.39, 0.29) is 6.16 Å². The third-order valence-corrected chi connectivity index (χ3v) is 13.9. The molecule has 0 radical (unpaired) electrons. The minimum atomic E-state index is -3.70. The van der Waals surface area contributed by atoms with Gasteiger partial charge in [0.25, 0.3) is 14.7 Å². The zero-order chi connectivity index (χ0) is 28.3. The van der Waals surface area contributed by atoms with Crippen LogP contribution >= 0.6 is 14.7 Å². The lowest BCUT2D eigenvalue weighted by atomic mass is 10.0. The van der Waals surface area contributed by atoms with Gasteiger partial charge >= 0.3 is 0 Å². The number of hydrogen-bond donors (Lipinski definition) is 0. The number of fused-ring (bicyclic) bond motifs is 7. The Morgan fingerprint density at radius 3 is 1.74 bits per heavy atom. The van der Waals surface area contributed by atoms with Crippen molar-refractivity contribution in [3.63, 3.8) is 0 Å². The molecule has 0 aliphatic carbocycles. The van der Waals surface area contributed by atoms with Crippen LogP contribution < -0.4 is 19.7 Å². The van der Waals surface area contributed by atoms with Gasteiger partial charge in [-0.3, -0.25) is 9.13 Å². The summed E-state index contributed by atoms with van der Waals surface area (Å²) in [5.74, 6) is 1.14. The van der Waals surface area contributed by atoms with E-state index in [1.807, 2.05) is 127 Å². The average Bonchev–Trinajstić information content (AvgIpc) is 3.04. The molecule has 6 heteroatoms. The van der Waals surface area contributed by atoms with Gasteiger partial charge < -0.3 is 9.05 Å². The van der Waals surface area contributed by atoms with Crippen LogP contribution in [0.4, 0.5) is 0 Å². The van der Waals surface area contributed by atoms with Gasteiger partial charge in [0.2, 0.25) is 0 Å². The molecule has 3 unspecified atom stereocenters. The van der Waals surface area contributed by atoms with E-state index in [0.29, 0.717) is 22.1 Å². The van der Waals surface area contributed by atoms with Crippen LogP contribution in [0.25, 0.3) is 33.0 Å². The minimum absolute atomic E-state index is 0.0183. The summed E-state index contributed by atoms with van der Waals surface area (Å²) >= 11 is 0. The summed E-state index contributed by atoms with van der Waals surface area (Å²) < 4.78 is 43.9. The van der Waals surface area contributed by atoms with Gasteiger partial charge in [-0.25, -0.2) is 0 Å². The van der Waals surface area contributed by atoms with E-state index in [4.69, 9.17) is 9.05 Å². The predicted octanol–water partition coefficient (Wildman–Crippen LogP) is 9.21. The van der Waals surface area contributed by atoms with Crippen LogP contribution in [-0.4, -0.2) is 6.16 Å². The second kappa shape index (κ2) is 9.60. The smallest absolute Gasteiger partial charge is 0.285 e. The van der Waals surface area contributed by atoms with Gasteiger partial charge in [-0.05, 0) is 51.7 Å². The van der Waals surface area contributed by atoms with Crippen molar-refractivity contribution in [3.05, 3.63) is 145 Å². The van der Waals surface area contributed by atoms with E-state index in [9.17, 15) is 0 Å². The van der Waals surface area contributed by atoms with E-state index in [1.165, 1.54) is 0 Å². The highest BCUT2D eigenvalue weighted by Gasteiger charge is 2.49. The Kier molecular flexibility index (Phi) is 5.79. The molecule has 0 saturated heterocycles. The molecule has 6 aromatic rings. The second-order valence-corrected chi connectivity index (χ2v) is 15.6. The Hall–Kier alpha value is -4.36. The molecule has 0 aromatic heterocycles. The van der Waals surface area contributed by atoms with E-state index in [0.717, 1.165) is 38.6 Å². The summed E-state index contributed by atoms with van der Waals surface area (Å²) in [5, 5.41) is 3.38. The van der Waals surface area contributed by atoms with Crippen molar-refractivity contribution in [1.82, 2.24) is 0 Å². The third kappa shape index (κ3) is 3.91. The summed E-state index contributed by atoms with van der Waals surface area (Å²) in [4.78, 5) is 0. The van der Waals surface area contributed by atoms with Crippen molar-refractivity contribution in [2.75, 3.05) is 6.16 Å². The van der Waals surface area contributed by atoms with E-state index in [2.05, 4.69) is 12.1 Å². The normalized spacial score (nSPS) is 20.7. The van der Waals surface area contributed by atoms with Crippen LogP contribution in [-0.2, 0) is 9.13 Å². The number of rotatable bonds is 4. The van der Waals surface area contributed by atoms with Crippen molar-refractivity contribution in [3.8, 4) is 33.8 Å². The molecular formula is C36H26O4P2. The molecule has 204 valence electrons. The zero-order valence-corrected chi connectivity index (χ0v) is 24.4. The van der Waals surface area contributed by atoms with Crippen LogP contribution in [0.1, 0.15) is 11.2 Å². The first-order valence-corrected chi connectivity index (χ1v) is 17.5. The Balaban J connectivity index is 1.35. The molecule has 2 heterocycles. The van der Waals surface area contributed by atoms with Gasteiger partial charge in [0.15, 0.2) is 0 Å². The number of para-hydroxylation sites is 2. The van der Waals surface area contributed by atoms with Gasteiger partial charge in [0.1, 0.15) is 11.5 Å². The molecule has 0 saturated carbocycles. The van der Waals surface area contributed by atoms with Crippen molar-refractivity contribution in [2.24, 2.45) is 0 Å². The van der Waals surface area contributed by atoms with Crippen LogP contribution in [0.2, 0.25) is 0 Å². The lowest BCUT2D eigenvalue weighted by molar-refractivity contribution is 0.470. The van der Waals surface area contributed by atoms with Crippen LogP contribution in [0.15, 0.2) is 140 Å². The van der Waals surface area contributed by atoms with Gasteiger partial charge in [-0.2, -0.15) is 0 Å². The molecule has 8 rings (SSSR count). The molecule has 2 aliphatic heterocycles. The molecule has 0 amide bonds. The second-order valence-electron chi connectivity index (χ2n) is 10.8. The summed E-state index contributed by atoms with van der Waals surface area (Å²) in [6.07, 6.45) is 0.0183. The van der Waals surface area contributed by atoms with Crippen molar-refractivity contribution < 1.29 is 18.2 Å². The molecular weight excluding hydrogens is 558 g/mol. The van der Waals surface area contributed by atoms with Gasteiger partial charge in [-0.15, -0.1) is 0 Å². The van der Waals surface area contributed by atoms with Gasteiger partial charge in [0, 0.05) is 11.1 Å². The van der Waals surface area contributed by atoms with Crippen molar-refractivity contribution >= 4 is 36.1 Å². The highest BCUT2D eigenvalue weighted by atomic mass is 31.2. The third-order valence-electron chi connectivity index (χ3n) is 8.33. The first-order valence-electron chi connectivity index (χ1n) is 14.0. The minimum Gasteiger partial charge on any atom is -0.439 e. The fourth-order valence-electron chi connectivity index (χ4n) is 6.33. The SMILES string of the molecule is O=P1(CC(c2ccc3ccccc3c2)P2(=O)Oc3ccccc3-c3ccccc32)Oc2ccccc2-c2ccccc21. The lowest BCUT2D eigenvalue weighted by Crippen LogP contribution is -2.27. The van der Waals surface area contributed by atoms with Crippen LogP contribution in [0.5, 0.6) is 11.5 Å². The first kappa shape index (κ1) is 25.4. The number of hydrogen-bond acceptors (Lipinski definition) is 4. The molecule has 3 atom stereocenters. The highest BCUT2D eigenvalue weighted by molar-refractivity contribution is 7.72. The molecule has 2 aliphatic rings. The predicted molar refractivity (Wildman–Crippen MR) is 171 cm³/mol. The fourth-order valence-corrected chi connectivity index (χ4v) is 12.6. The van der Waals surface area contributed by atoms with E-state index in [1.54, 1.807) is 0 Å². The molecule has 0 spiro atoms. The summed E-state index contributed by atoms with van der Waals surface area (Å²) in [6, 6.07) is 45.0. The summed E-state index contributed by atoms with van der Waals surface area (Å²) in [5.41, 5.74) is 3.64. The topological polar surface area (TPSA) is 52.6 Å². The number of benzene rings is 6. The molecule has 6 aromatic carbocycles. The van der Waals surface area contributed by atoms with Crippen LogP contribution in [0.3, 0.4) is 0 Å². The van der Waals surface area contributed by atoms with Crippen molar-refractivity contribution in [2.45, 2.75) is 5.66 Å². The molecule has 0 N–H and O–H groups in total. The quantitative estimate of drug-likeness (QED) is 0.194. The average molecular weight is 585 g/mol. The molecule has 4 nitrogen and oxygen atoms in total. The Morgan fingerprint density at radius 2 is 1.02 bits per heavy atom. The first-order chi connectivity index (χ1) is 20.5. The highest BCUT2D eigenvalue weighted by Crippen LogP contribution is 2.68. The van der Waals surface area contributed by atoms with E-state index >= 15 is 9.13 Å². The Bertz CT molecular complexity index is 2120. The monoisotopic (exact) mass is 584 g/mol. The standard InChI is InChI=1S/C36H26O4P2/c37-41(34-19-9-5-15-30(34)28-13-3-7-17-32(28)39-41)24-36(27-22-21-25-11-1-2-12-26(25)23-27)42(38)35-20-10-6-16-31(35)29-14-4-8-18-33(29)40-42/h1-23,36H,24H2. The Morgan fingerprint density at radius 1 is 0.500 bits per heavy atom. The summed E-state index contributed by atoms with van der Waals surface area (Å²) in [6.45, 7) is 0. The van der Waals surface area contributed by atoms with Gasteiger partial charge in [0.05, 0.1) is 22.4 Å².